The van der Waals surface area contributed by atoms with Gasteiger partial charge in [0.1, 0.15) is 17.3 Å². The van der Waals surface area contributed by atoms with Gasteiger partial charge in [-0.3, -0.25) is 4.79 Å². The third-order valence-corrected chi connectivity index (χ3v) is 11.3. The molecular weight excluding hydrogens is 394 g/mol. The summed E-state index contributed by atoms with van der Waals surface area (Å²) in [7, 11) is -2.27. The quantitative estimate of drug-likeness (QED) is 0.280. The Morgan fingerprint density at radius 3 is 2.00 bits per heavy atom. The molecule has 0 fully saturated rings. The van der Waals surface area contributed by atoms with Gasteiger partial charge in [-0.15, -0.1) is 0 Å². The highest BCUT2D eigenvalue weighted by Gasteiger charge is 2.47. The Morgan fingerprint density at radius 1 is 1.12 bits per heavy atom. The van der Waals surface area contributed by atoms with Crippen molar-refractivity contribution in [3.05, 3.63) is 29.6 Å². The maximum Gasteiger partial charge on any atom is 0.258 e. The van der Waals surface area contributed by atoms with Crippen LogP contribution in [0, 0.1) is 5.82 Å². The number of alkyl halides is 2. The first-order valence-electron chi connectivity index (χ1n) is 8.30. The smallest absolute Gasteiger partial charge is 0.258 e. The molecular formula is C18H27BrF2O2Si. The molecule has 1 unspecified atom stereocenters. The van der Waals surface area contributed by atoms with Crippen molar-refractivity contribution in [3.63, 3.8) is 0 Å². The summed E-state index contributed by atoms with van der Waals surface area (Å²) < 4.78 is 33.5. The lowest BCUT2D eigenvalue weighted by atomic mass is 10.1. The minimum absolute atomic E-state index is 0.144. The second-order valence-electron chi connectivity index (χ2n) is 7.05. The van der Waals surface area contributed by atoms with Crippen LogP contribution in [-0.4, -0.2) is 25.6 Å². The van der Waals surface area contributed by atoms with Crippen LogP contribution >= 0.6 is 15.9 Å². The van der Waals surface area contributed by atoms with E-state index in [1.165, 1.54) is 12.1 Å². The number of hydrogen-bond donors (Lipinski definition) is 0. The standard InChI is InChI=1S/C18H27BrF2O2Si/c1-11(2)24(12(3)4,13(5)6)23-17-8-7-14(9-16(17)21)18(22)15(19)10-20/h7-9,11-13,15H,10H2,1-6H3. The van der Waals surface area contributed by atoms with Gasteiger partial charge >= 0.3 is 0 Å². The predicted octanol–water partition coefficient (Wildman–Crippen LogP) is 6.30. The first kappa shape index (κ1) is 21.3. The lowest BCUT2D eigenvalue weighted by molar-refractivity contribution is 0.0983. The lowest BCUT2D eigenvalue weighted by Gasteiger charge is -2.42. The van der Waals surface area contributed by atoms with Crippen LogP contribution in [-0.2, 0) is 0 Å². The van der Waals surface area contributed by atoms with Gasteiger partial charge in [-0.1, -0.05) is 57.5 Å². The van der Waals surface area contributed by atoms with Gasteiger partial charge in [0.25, 0.3) is 8.32 Å². The third kappa shape index (κ3) is 4.25. The van der Waals surface area contributed by atoms with Crippen molar-refractivity contribution in [1.29, 1.82) is 0 Å². The molecule has 0 bridgehead atoms. The topological polar surface area (TPSA) is 26.3 Å². The summed E-state index contributed by atoms with van der Waals surface area (Å²) in [6.07, 6.45) is 0. The number of carbonyl (C=O) groups is 1. The molecule has 1 aromatic rings. The first-order valence-corrected chi connectivity index (χ1v) is 11.4. The molecule has 0 amide bonds. The van der Waals surface area contributed by atoms with Crippen LogP contribution in [0.2, 0.25) is 16.6 Å². The van der Waals surface area contributed by atoms with Gasteiger partial charge in [-0.25, -0.2) is 8.78 Å². The van der Waals surface area contributed by atoms with E-state index in [1.54, 1.807) is 0 Å². The van der Waals surface area contributed by atoms with E-state index >= 15 is 0 Å². The Bertz CT molecular complexity index is 554. The van der Waals surface area contributed by atoms with E-state index in [2.05, 4.69) is 57.5 Å². The minimum atomic E-state index is -2.27. The Morgan fingerprint density at radius 2 is 1.62 bits per heavy atom. The van der Waals surface area contributed by atoms with Crippen molar-refractivity contribution in [3.8, 4) is 5.75 Å². The van der Waals surface area contributed by atoms with Crippen molar-refractivity contribution in [1.82, 2.24) is 0 Å². The number of rotatable bonds is 8. The zero-order valence-corrected chi connectivity index (χ0v) is 17.8. The van der Waals surface area contributed by atoms with Crippen LogP contribution in [0.3, 0.4) is 0 Å². The normalized spacial score (nSPS) is 13.7. The van der Waals surface area contributed by atoms with Gasteiger partial charge in [0.15, 0.2) is 11.6 Å². The molecule has 0 aliphatic rings. The van der Waals surface area contributed by atoms with Crippen LogP contribution in [0.5, 0.6) is 5.75 Å². The summed E-state index contributed by atoms with van der Waals surface area (Å²) in [6, 6.07) is 4.14. The molecule has 1 rings (SSSR count). The lowest BCUT2D eigenvalue weighted by Crippen LogP contribution is -2.50. The molecule has 6 heteroatoms. The number of Topliss-reactive ketones (excluding diaryl/α,β-unsaturated/α-hetero) is 1. The Kier molecular flexibility index (Phi) is 7.60. The van der Waals surface area contributed by atoms with Crippen molar-refractivity contribution < 1.29 is 18.0 Å². The molecule has 0 spiro atoms. The van der Waals surface area contributed by atoms with Crippen LogP contribution in [0.4, 0.5) is 8.78 Å². The van der Waals surface area contributed by atoms with E-state index in [0.717, 1.165) is 6.07 Å². The highest BCUT2D eigenvalue weighted by atomic mass is 79.9. The maximum absolute atomic E-state index is 14.5. The van der Waals surface area contributed by atoms with E-state index in [-0.39, 0.29) is 11.3 Å². The molecule has 24 heavy (non-hydrogen) atoms. The van der Waals surface area contributed by atoms with Crippen LogP contribution in [0.25, 0.3) is 0 Å². The highest BCUT2D eigenvalue weighted by molar-refractivity contribution is 9.10. The second-order valence-corrected chi connectivity index (χ2v) is 13.5. The van der Waals surface area contributed by atoms with Gasteiger partial charge in [0, 0.05) is 5.56 Å². The number of hydrogen-bond acceptors (Lipinski definition) is 2. The number of benzene rings is 1. The number of ketones is 1. The minimum Gasteiger partial charge on any atom is -0.541 e. The van der Waals surface area contributed by atoms with E-state index in [9.17, 15) is 13.6 Å². The molecule has 1 atom stereocenters. The average Bonchev–Trinajstić information content (AvgIpc) is 2.50. The Hall–Kier alpha value is -0.753. The monoisotopic (exact) mass is 420 g/mol. The van der Waals surface area contributed by atoms with Gasteiger partial charge in [0.2, 0.25) is 0 Å². The Balaban J connectivity index is 3.21. The van der Waals surface area contributed by atoms with Crippen molar-refractivity contribution in [2.45, 2.75) is 63.0 Å². The van der Waals surface area contributed by atoms with Crippen molar-refractivity contribution in [2.75, 3.05) is 6.67 Å². The largest absolute Gasteiger partial charge is 0.541 e. The molecule has 2 nitrogen and oxygen atoms in total. The molecule has 0 heterocycles. The van der Waals surface area contributed by atoms with E-state index in [4.69, 9.17) is 4.43 Å². The predicted molar refractivity (Wildman–Crippen MR) is 101 cm³/mol. The van der Waals surface area contributed by atoms with E-state index < -0.39 is 31.4 Å². The summed E-state index contributed by atoms with van der Waals surface area (Å²) in [5, 5.41) is 0. The van der Waals surface area contributed by atoms with E-state index in [1.807, 2.05) is 0 Å². The molecule has 136 valence electrons. The fourth-order valence-corrected chi connectivity index (χ4v) is 9.05. The fourth-order valence-electron chi connectivity index (χ4n) is 3.53. The van der Waals surface area contributed by atoms with Crippen molar-refractivity contribution in [2.24, 2.45) is 0 Å². The fraction of sp³-hybridized carbons (Fsp3) is 0.611. The van der Waals surface area contributed by atoms with Crippen LogP contribution < -0.4 is 4.43 Å². The highest BCUT2D eigenvalue weighted by Crippen LogP contribution is 2.43. The van der Waals surface area contributed by atoms with Gasteiger partial charge in [0.05, 0.1) is 0 Å². The summed E-state index contributed by atoms with van der Waals surface area (Å²) in [6.45, 7) is 11.9. The summed E-state index contributed by atoms with van der Waals surface area (Å²) in [4.78, 5) is 11.0. The first-order chi connectivity index (χ1) is 11.1. The Labute approximate surface area is 153 Å². The van der Waals surface area contributed by atoms with Gasteiger partial charge < -0.3 is 4.43 Å². The molecule has 0 aliphatic carbocycles. The summed E-state index contributed by atoms with van der Waals surface area (Å²) in [5.74, 6) is -0.859. The van der Waals surface area contributed by atoms with Crippen molar-refractivity contribution >= 4 is 30.0 Å². The molecule has 0 radical (unpaired) electrons. The summed E-state index contributed by atoms with van der Waals surface area (Å²) in [5.41, 5.74) is 1.09. The zero-order valence-electron chi connectivity index (χ0n) is 15.2. The SMILES string of the molecule is CC(C)[Si](Oc1ccc(C(=O)C(Br)CF)cc1F)(C(C)C)C(C)C. The van der Waals surface area contributed by atoms with Crippen LogP contribution in [0.15, 0.2) is 18.2 Å². The zero-order chi connectivity index (χ0) is 18.7. The average molecular weight is 421 g/mol. The molecule has 1 aromatic carbocycles. The molecule has 0 N–H and O–H groups in total. The molecule has 0 aromatic heterocycles. The molecule has 0 aliphatic heterocycles. The van der Waals surface area contributed by atoms with Crippen LogP contribution in [0.1, 0.15) is 51.9 Å². The van der Waals surface area contributed by atoms with Gasteiger partial charge in [-0.05, 0) is 34.8 Å². The number of halogens is 3. The molecule has 0 saturated heterocycles. The van der Waals surface area contributed by atoms with Gasteiger partial charge in [-0.2, -0.15) is 0 Å². The number of carbonyl (C=O) groups excluding carboxylic acids is 1. The molecule has 0 saturated carbocycles. The summed E-state index contributed by atoms with van der Waals surface area (Å²) >= 11 is 2.96. The van der Waals surface area contributed by atoms with E-state index in [0.29, 0.717) is 16.6 Å². The maximum atomic E-state index is 14.5. The third-order valence-electron chi connectivity index (χ3n) is 4.63. The second kappa shape index (κ2) is 8.56.